The number of esters is 1. The SMILES string of the molecule is Cc1nn(C)c(C)c1/C=C/C(=O)O[C@@H](C)C(=O)NC12CC3CC(CC(C3)C1)C2. The monoisotopic (exact) mass is 385 g/mol. The Morgan fingerprint density at radius 1 is 1.18 bits per heavy atom. The predicted molar refractivity (Wildman–Crippen MR) is 106 cm³/mol. The Kier molecular flexibility index (Phi) is 4.84. The molecule has 1 amide bonds. The predicted octanol–water partition coefficient (Wildman–Crippen LogP) is 3.07. The average Bonchev–Trinajstić information content (AvgIpc) is 2.83. The average molecular weight is 386 g/mol. The second-order valence-corrected chi connectivity index (χ2v) is 9.31. The highest BCUT2D eigenvalue weighted by molar-refractivity contribution is 5.90. The first-order valence-corrected chi connectivity index (χ1v) is 10.5. The van der Waals surface area contributed by atoms with E-state index >= 15 is 0 Å². The molecule has 1 heterocycles. The van der Waals surface area contributed by atoms with Crippen LogP contribution in [0.4, 0.5) is 0 Å². The van der Waals surface area contributed by atoms with Crippen LogP contribution in [0.3, 0.4) is 0 Å². The number of rotatable bonds is 5. The summed E-state index contributed by atoms with van der Waals surface area (Å²) in [6.07, 6.45) is 9.56. The largest absolute Gasteiger partial charge is 0.449 e. The number of aryl methyl sites for hydroxylation is 2. The van der Waals surface area contributed by atoms with Crippen molar-refractivity contribution < 1.29 is 14.3 Å². The van der Waals surface area contributed by atoms with Crippen LogP contribution < -0.4 is 5.32 Å². The molecule has 4 fully saturated rings. The summed E-state index contributed by atoms with van der Waals surface area (Å²) < 4.78 is 7.15. The summed E-state index contributed by atoms with van der Waals surface area (Å²) in [6.45, 7) is 5.51. The lowest BCUT2D eigenvalue weighted by Gasteiger charge is -2.57. The minimum Gasteiger partial charge on any atom is -0.449 e. The van der Waals surface area contributed by atoms with Gasteiger partial charge in [-0.1, -0.05) is 0 Å². The van der Waals surface area contributed by atoms with Crippen LogP contribution in [0, 0.1) is 31.6 Å². The van der Waals surface area contributed by atoms with Crippen LogP contribution >= 0.6 is 0 Å². The number of nitrogens with one attached hydrogen (secondary N) is 1. The molecule has 5 rings (SSSR count). The molecule has 0 saturated heterocycles. The molecule has 1 aromatic heterocycles. The minimum atomic E-state index is -0.791. The quantitative estimate of drug-likeness (QED) is 0.624. The first kappa shape index (κ1) is 19.2. The van der Waals surface area contributed by atoms with Crippen LogP contribution in [-0.4, -0.2) is 33.3 Å². The van der Waals surface area contributed by atoms with E-state index < -0.39 is 12.1 Å². The molecule has 4 saturated carbocycles. The topological polar surface area (TPSA) is 73.2 Å². The summed E-state index contributed by atoms with van der Waals surface area (Å²) in [7, 11) is 1.87. The van der Waals surface area contributed by atoms with Crippen LogP contribution in [-0.2, 0) is 21.4 Å². The van der Waals surface area contributed by atoms with Gasteiger partial charge in [0.15, 0.2) is 6.10 Å². The molecule has 6 heteroatoms. The van der Waals surface area contributed by atoms with Crippen molar-refractivity contribution in [2.75, 3.05) is 0 Å². The summed E-state index contributed by atoms with van der Waals surface area (Å²) in [5.41, 5.74) is 2.68. The van der Waals surface area contributed by atoms with E-state index in [1.165, 1.54) is 25.3 Å². The molecule has 4 bridgehead atoms. The third-order valence-electron chi connectivity index (χ3n) is 7.04. The van der Waals surface area contributed by atoms with Gasteiger partial charge in [-0.25, -0.2) is 4.79 Å². The van der Waals surface area contributed by atoms with Crippen molar-refractivity contribution in [1.82, 2.24) is 15.1 Å². The zero-order chi connectivity index (χ0) is 20.1. The Hall–Kier alpha value is -2.11. The van der Waals surface area contributed by atoms with Gasteiger partial charge in [-0.3, -0.25) is 9.48 Å². The van der Waals surface area contributed by atoms with Gasteiger partial charge in [0.05, 0.1) is 5.69 Å². The summed E-state index contributed by atoms with van der Waals surface area (Å²) in [5, 5.41) is 7.60. The number of carbonyl (C=O) groups excluding carboxylic acids is 2. The number of aromatic nitrogens is 2. The summed E-state index contributed by atoms with van der Waals surface area (Å²) in [6, 6.07) is 0. The smallest absolute Gasteiger partial charge is 0.331 e. The van der Waals surface area contributed by atoms with Crippen LogP contribution in [0.5, 0.6) is 0 Å². The fourth-order valence-corrected chi connectivity index (χ4v) is 6.08. The lowest BCUT2D eigenvalue weighted by Crippen LogP contribution is -2.61. The lowest BCUT2D eigenvalue weighted by molar-refractivity contribution is -0.152. The summed E-state index contributed by atoms with van der Waals surface area (Å²) in [5.74, 6) is 1.61. The zero-order valence-corrected chi connectivity index (χ0v) is 17.3. The number of nitrogens with zero attached hydrogens (tertiary/aromatic N) is 2. The van der Waals surface area contributed by atoms with Gasteiger partial charge in [0.1, 0.15) is 0 Å². The lowest BCUT2D eigenvalue weighted by atomic mass is 9.53. The molecule has 0 spiro atoms. The van der Waals surface area contributed by atoms with Gasteiger partial charge in [0.25, 0.3) is 5.91 Å². The second-order valence-electron chi connectivity index (χ2n) is 9.31. The highest BCUT2D eigenvalue weighted by Gasteiger charge is 2.51. The molecule has 0 radical (unpaired) electrons. The molecule has 1 atom stereocenters. The van der Waals surface area contributed by atoms with E-state index in [1.807, 2.05) is 20.9 Å². The first-order chi connectivity index (χ1) is 13.2. The first-order valence-electron chi connectivity index (χ1n) is 10.5. The Labute approximate surface area is 166 Å². The molecule has 152 valence electrons. The normalized spacial score (nSPS) is 31.9. The highest BCUT2D eigenvalue weighted by Crippen LogP contribution is 2.55. The Balaban J connectivity index is 1.34. The molecule has 0 aliphatic heterocycles. The van der Waals surface area contributed by atoms with Crippen molar-refractivity contribution >= 4 is 18.0 Å². The molecule has 1 aromatic rings. The number of hydrogen-bond acceptors (Lipinski definition) is 4. The number of ether oxygens (including phenoxy) is 1. The van der Waals surface area contributed by atoms with Crippen LogP contribution in [0.25, 0.3) is 6.08 Å². The zero-order valence-electron chi connectivity index (χ0n) is 17.3. The molecule has 6 nitrogen and oxygen atoms in total. The van der Waals surface area contributed by atoms with Crippen molar-refractivity contribution in [3.63, 3.8) is 0 Å². The maximum absolute atomic E-state index is 12.7. The Bertz CT molecular complexity index is 788. The van der Waals surface area contributed by atoms with Crippen molar-refractivity contribution in [2.24, 2.45) is 24.8 Å². The molecule has 4 aliphatic carbocycles. The van der Waals surface area contributed by atoms with E-state index in [1.54, 1.807) is 17.7 Å². The number of hydrogen-bond donors (Lipinski definition) is 1. The van der Waals surface area contributed by atoms with E-state index in [4.69, 9.17) is 4.74 Å². The molecule has 0 aromatic carbocycles. The number of amides is 1. The molecule has 0 unspecified atom stereocenters. The maximum atomic E-state index is 12.7. The number of carbonyl (C=O) groups is 2. The molecule has 1 N–H and O–H groups in total. The van der Waals surface area contributed by atoms with E-state index in [0.29, 0.717) is 0 Å². The van der Waals surface area contributed by atoms with E-state index in [0.717, 1.165) is 54.0 Å². The second kappa shape index (κ2) is 7.05. The fraction of sp³-hybridized carbons (Fsp3) is 0.682. The minimum absolute atomic E-state index is 0.0632. The van der Waals surface area contributed by atoms with Gasteiger partial charge in [-0.05, 0) is 83.1 Å². The van der Waals surface area contributed by atoms with Crippen LogP contribution in [0.1, 0.15) is 62.4 Å². The third kappa shape index (κ3) is 3.61. The van der Waals surface area contributed by atoms with Crippen molar-refractivity contribution in [3.05, 3.63) is 23.0 Å². The molecule has 4 aliphatic rings. The highest BCUT2D eigenvalue weighted by atomic mass is 16.5. The maximum Gasteiger partial charge on any atom is 0.331 e. The Morgan fingerprint density at radius 3 is 2.25 bits per heavy atom. The van der Waals surface area contributed by atoms with Crippen LogP contribution in [0.15, 0.2) is 6.08 Å². The van der Waals surface area contributed by atoms with Crippen molar-refractivity contribution in [1.29, 1.82) is 0 Å². The molecule has 28 heavy (non-hydrogen) atoms. The molecular formula is C22H31N3O3. The summed E-state index contributed by atoms with van der Waals surface area (Å²) >= 11 is 0. The fourth-order valence-electron chi connectivity index (χ4n) is 6.08. The van der Waals surface area contributed by atoms with Gasteiger partial charge < -0.3 is 10.1 Å². The van der Waals surface area contributed by atoms with Gasteiger partial charge in [-0.2, -0.15) is 5.10 Å². The van der Waals surface area contributed by atoms with Gasteiger partial charge >= 0.3 is 5.97 Å². The van der Waals surface area contributed by atoms with Gasteiger partial charge in [-0.15, -0.1) is 0 Å². The third-order valence-corrected chi connectivity index (χ3v) is 7.04. The van der Waals surface area contributed by atoms with E-state index in [9.17, 15) is 9.59 Å². The standard InChI is InChI=1S/C22H31N3O3/c1-13-19(14(2)25(4)24-13)5-6-20(26)28-15(3)21(27)23-22-10-16-7-17(11-22)9-18(8-16)12-22/h5-6,15-18H,7-12H2,1-4H3,(H,23,27)/b6-5+/t15-,16?,17?,18?,22?/m0/s1. The van der Waals surface area contributed by atoms with E-state index in [2.05, 4.69) is 10.4 Å². The molecular weight excluding hydrogens is 354 g/mol. The van der Waals surface area contributed by atoms with Crippen molar-refractivity contribution in [2.45, 2.75) is 70.9 Å². The van der Waals surface area contributed by atoms with Gasteiger partial charge in [0, 0.05) is 29.9 Å². The van der Waals surface area contributed by atoms with E-state index in [-0.39, 0.29) is 11.4 Å². The van der Waals surface area contributed by atoms with Crippen LogP contribution in [0.2, 0.25) is 0 Å². The van der Waals surface area contributed by atoms with Crippen molar-refractivity contribution in [3.8, 4) is 0 Å². The van der Waals surface area contributed by atoms with Gasteiger partial charge in [0.2, 0.25) is 0 Å². The summed E-state index contributed by atoms with van der Waals surface area (Å²) in [4.78, 5) is 24.9. The Morgan fingerprint density at radius 2 is 1.75 bits per heavy atom.